The Bertz CT molecular complexity index is 529. The van der Waals surface area contributed by atoms with Gasteiger partial charge in [-0.15, -0.1) is 12.8 Å². The van der Waals surface area contributed by atoms with E-state index in [1.165, 1.54) is 75.4 Å². The summed E-state index contributed by atoms with van der Waals surface area (Å²) in [6, 6.07) is 0. The highest BCUT2D eigenvalue weighted by molar-refractivity contribution is 5.34. The molecule has 0 aliphatic heterocycles. The summed E-state index contributed by atoms with van der Waals surface area (Å²) >= 11 is 0. The van der Waals surface area contributed by atoms with Gasteiger partial charge in [0.1, 0.15) is 0 Å². The second-order valence-corrected chi connectivity index (χ2v) is 9.18. The van der Waals surface area contributed by atoms with Crippen LogP contribution in [-0.2, 0) is 0 Å². The van der Waals surface area contributed by atoms with Gasteiger partial charge in [-0.1, -0.05) is 111 Å². The quantitative estimate of drug-likeness (QED) is 0.266. The summed E-state index contributed by atoms with van der Waals surface area (Å²) in [4.78, 5) is 0. The minimum atomic E-state index is 0.583. The van der Waals surface area contributed by atoms with E-state index in [4.69, 9.17) is 0 Å². The molecule has 31 heavy (non-hydrogen) atoms. The van der Waals surface area contributed by atoms with Crippen molar-refractivity contribution in [1.29, 1.82) is 0 Å². The van der Waals surface area contributed by atoms with Crippen LogP contribution in [0.15, 0.2) is 35.5 Å². The lowest BCUT2D eigenvalue weighted by molar-refractivity contribution is 0.127. The number of allylic oxidation sites excluding steroid dienone is 5. The van der Waals surface area contributed by atoms with Gasteiger partial charge in [-0.3, -0.25) is 0 Å². The summed E-state index contributed by atoms with van der Waals surface area (Å²) in [5.41, 5.74) is 5.15. The van der Waals surface area contributed by atoms with E-state index < -0.39 is 0 Å². The minimum absolute atomic E-state index is 0.583. The van der Waals surface area contributed by atoms with Crippen LogP contribution < -0.4 is 0 Å². The molecule has 0 radical (unpaired) electrons. The Labute approximate surface area is 198 Å². The van der Waals surface area contributed by atoms with E-state index in [-0.39, 0.29) is 0 Å². The van der Waals surface area contributed by atoms with Gasteiger partial charge in [-0.2, -0.15) is 0 Å². The Balaban J connectivity index is 0. The first-order valence-electron chi connectivity index (χ1n) is 13.4. The number of fused-ring (bicyclic) bond motifs is 1. The first-order chi connectivity index (χ1) is 15.0. The smallest absolute Gasteiger partial charge is 0.0143 e. The first kappa shape index (κ1) is 32.0. The highest BCUT2D eigenvalue weighted by atomic mass is 14.5. The number of unbranched alkanes of at least 4 members (excludes halogenated alkanes) is 1. The summed E-state index contributed by atoms with van der Waals surface area (Å²) < 4.78 is 0. The molecule has 2 fully saturated rings. The maximum Gasteiger partial charge on any atom is -0.0143 e. The molecule has 3 unspecified atom stereocenters. The van der Waals surface area contributed by atoms with Gasteiger partial charge in [-0.05, 0) is 74.2 Å². The Morgan fingerprint density at radius 1 is 1.06 bits per heavy atom. The lowest BCUT2D eigenvalue weighted by Gasteiger charge is -2.42. The van der Waals surface area contributed by atoms with Gasteiger partial charge >= 0.3 is 0 Å². The average Bonchev–Trinajstić information content (AvgIpc) is 3.13. The summed E-state index contributed by atoms with van der Waals surface area (Å²) in [7, 11) is 0. The lowest BCUT2D eigenvalue weighted by atomic mass is 9.62. The Hall–Kier alpha value is -1.22. The van der Waals surface area contributed by atoms with Crippen LogP contribution >= 0.6 is 0 Å². The molecule has 0 heteroatoms. The maximum absolute atomic E-state index is 4.31. The molecule has 3 atom stereocenters. The van der Waals surface area contributed by atoms with Crippen LogP contribution in [0.4, 0.5) is 0 Å². The van der Waals surface area contributed by atoms with Gasteiger partial charge in [0.2, 0.25) is 0 Å². The van der Waals surface area contributed by atoms with Crippen molar-refractivity contribution < 1.29 is 0 Å². The van der Waals surface area contributed by atoms with E-state index in [0.717, 1.165) is 24.7 Å². The van der Waals surface area contributed by atoms with Gasteiger partial charge in [0.05, 0.1) is 0 Å². The average molecular weight is 429 g/mol. The molecule has 2 aliphatic rings. The molecule has 0 saturated heterocycles. The van der Waals surface area contributed by atoms with Crippen molar-refractivity contribution in [2.24, 2.45) is 17.3 Å². The highest BCUT2D eigenvalue weighted by Gasteiger charge is 2.48. The van der Waals surface area contributed by atoms with E-state index in [1.807, 2.05) is 13.8 Å². The van der Waals surface area contributed by atoms with E-state index in [0.29, 0.717) is 5.41 Å². The molecule has 0 aromatic heterocycles. The largest absolute Gasteiger partial charge is 0.124 e. The molecule has 180 valence electrons. The zero-order valence-electron chi connectivity index (χ0n) is 22.7. The zero-order valence-corrected chi connectivity index (χ0v) is 22.7. The fourth-order valence-electron chi connectivity index (χ4n) is 5.43. The van der Waals surface area contributed by atoms with Crippen LogP contribution in [0.3, 0.4) is 0 Å². The summed E-state index contributed by atoms with van der Waals surface area (Å²) in [5, 5.41) is 0. The molecule has 0 aromatic rings. The normalized spacial score (nSPS) is 25.7. The second kappa shape index (κ2) is 19.5. The highest BCUT2D eigenvalue weighted by Crippen LogP contribution is 2.58. The van der Waals surface area contributed by atoms with Crippen molar-refractivity contribution in [3.8, 4) is 12.8 Å². The van der Waals surface area contributed by atoms with Gasteiger partial charge in [0, 0.05) is 0 Å². The van der Waals surface area contributed by atoms with Crippen LogP contribution in [0.1, 0.15) is 132 Å². The van der Waals surface area contributed by atoms with Gasteiger partial charge in [0.15, 0.2) is 0 Å². The Morgan fingerprint density at radius 3 is 2.19 bits per heavy atom. The molecule has 2 saturated carbocycles. The third kappa shape index (κ3) is 10.3. The fraction of sp³-hybridized carbons (Fsp3) is 0.742. The number of terminal acetylenes is 1. The SMILES string of the molecule is C#C.C=C(CCC)/C(=C\C=C1/CCCC2(C)C(CCCC)CCC12)CC.CC.CCC. The molecule has 0 nitrogen and oxygen atoms in total. The van der Waals surface area contributed by atoms with E-state index in [2.05, 4.69) is 73.1 Å². The topological polar surface area (TPSA) is 0 Å². The zero-order chi connectivity index (χ0) is 24.3. The van der Waals surface area contributed by atoms with Crippen molar-refractivity contribution in [2.75, 3.05) is 0 Å². The Kier molecular flexibility index (Phi) is 20.1. The molecule has 0 amide bonds. The van der Waals surface area contributed by atoms with Gasteiger partial charge in [0.25, 0.3) is 0 Å². The number of hydrogen-bond acceptors (Lipinski definition) is 0. The molecule has 2 aliphatic carbocycles. The van der Waals surface area contributed by atoms with Crippen molar-refractivity contribution >= 4 is 0 Å². The molecule has 0 bridgehead atoms. The Morgan fingerprint density at radius 2 is 1.68 bits per heavy atom. The van der Waals surface area contributed by atoms with Crippen molar-refractivity contribution in [1.82, 2.24) is 0 Å². The van der Waals surface area contributed by atoms with Gasteiger partial charge in [-0.25, -0.2) is 0 Å². The minimum Gasteiger partial charge on any atom is -0.124 e. The lowest BCUT2D eigenvalue weighted by Crippen LogP contribution is -2.33. The summed E-state index contributed by atoms with van der Waals surface area (Å²) in [6.45, 7) is 22.0. The molecular formula is C31H56. The third-order valence-electron chi connectivity index (χ3n) is 6.95. The number of hydrogen-bond donors (Lipinski definition) is 0. The monoisotopic (exact) mass is 428 g/mol. The molecule has 0 heterocycles. The maximum atomic E-state index is 4.31. The second-order valence-electron chi connectivity index (χ2n) is 9.18. The third-order valence-corrected chi connectivity index (χ3v) is 6.95. The molecular weight excluding hydrogens is 372 g/mol. The summed E-state index contributed by atoms with van der Waals surface area (Å²) in [6.07, 6.45) is 28.9. The van der Waals surface area contributed by atoms with E-state index >= 15 is 0 Å². The molecule has 2 rings (SSSR count). The van der Waals surface area contributed by atoms with Crippen LogP contribution in [0.25, 0.3) is 0 Å². The van der Waals surface area contributed by atoms with Gasteiger partial charge < -0.3 is 0 Å². The van der Waals surface area contributed by atoms with E-state index in [1.54, 1.807) is 5.57 Å². The molecule has 0 aromatic carbocycles. The standard InChI is InChI=1S/C24H40.C3H8.C2H6.C2H2/c1-6-9-13-22-16-17-23-21(12-10-18-24(22,23)5)15-14-20(8-3)19(4)11-7-2;1-3-2;2*1-2/h14-15,22-23H,4,6-13,16-18H2,1-3,5H3;3H2,1-2H3;1-2H3;1-2H/b20-14-,21-15+;;;. The molecule has 0 N–H and O–H groups in total. The van der Waals surface area contributed by atoms with Crippen LogP contribution in [-0.4, -0.2) is 0 Å². The number of rotatable bonds is 8. The van der Waals surface area contributed by atoms with Crippen LogP contribution in [0.2, 0.25) is 0 Å². The molecule has 0 spiro atoms. The predicted molar refractivity (Wildman–Crippen MR) is 145 cm³/mol. The van der Waals surface area contributed by atoms with E-state index in [9.17, 15) is 0 Å². The first-order valence-corrected chi connectivity index (χ1v) is 13.4. The van der Waals surface area contributed by atoms with Crippen molar-refractivity contribution in [2.45, 2.75) is 132 Å². The van der Waals surface area contributed by atoms with Crippen molar-refractivity contribution in [3.05, 3.63) is 35.5 Å². The predicted octanol–water partition coefficient (Wildman–Crippen LogP) is 10.7. The van der Waals surface area contributed by atoms with Crippen molar-refractivity contribution in [3.63, 3.8) is 0 Å². The van der Waals surface area contributed by atoms with Crippen LogP contribution in [0, 0.1) is 30.1 Å². The fourth-order valence-corrected chi connectivity index (χ4v) is 5.43. The summed E-state index contributed by atoms with van der Waals surface area (Å²) in [5.74, 6) is 1.82. The van der Waals surface area contributed by atoms with Crippen LogP contribution in [0.5, 0.6) is 0 Å².